The van der Waals surface area contributed by atoms with Gasteiger partial charge in [-0.3, -0.25) is 9.59 Å². The molecule has 0 atom stereocenters. The van der Waals surface area contributed by atoms with Gasteiger partial charge in [0.05, 0.1) is 0 Å². The molecule has 2 aromatic rings. The third kappa shape index (κ3) is 4.95. The fourth-order valence-corrected chi connectivity index (χ4v) is 5.54. The Bertz CT molecular complexity index is 1120. The summed E-state index contributed by atoms with van der Waals surface area (Å²) in [7, 11) is 0. The number of likely N-dealkylation sites (tertiary alicyclic amines) is 2. The highest BCUT2D eigenvalue weighted by molar-refractivity contribution is 5.92. The van der Waals surface area contributed by atoms with E-state index in [2.05, 4.69) is 29.4 Å². The van der Waals surface area contributed by atoms with Crippen molar-refractivity contribution in [2.24, 2.45) is 5.92 Å². The molecule has 35 heavy (non-hydrogen) atoms. The number of piperidine rings is 1. The van der Waals surface area contributed by atoms with E-state index < -0.39 is 0 Å². The van der Waals surface area contributed by atoms with Crippen LogP contribution < -0.4 is 9.47 Å². The first kappa shape index (κ1) is 23.5. The predicted octanol–water partition coefficient (Wildman–Crippen LogP) is 4.48. The molecule has 7 heteroatoms. The Kier molecular flexibility index (Phi) is 6.84. The molecule has 0 spiro atoms. The number of carbonyl (C=O) groups excluding carboxylic acids is 2. The van der Waals surface area contributed by atoms with Gasteiger partial charge in [-0.1, -0.05) is 12.8 Å². The van der Waals surface area contributed by atoms with Crippen LogP contribution in [0.4, 0.5) is 0 Å². The molecule has 0 saturated carbocycles. The lowest BCUT2D eigenvalue weighted by Gasteiger charge is -2.33. The van der Waals surface area contributed by atoms with Crippen molar-refractivity contribution in [1.29, 1.82) is 0 Å². The highest BCUT2D eigenvalue weighted by Gasteiger charge is 2.30. The second kappa shape index (κ2) is 10.2. The standard InChI is InChI=1S/C28H35N3O4/c1-20-17-23(21(2)31(20)24-8-9-25-26(18-24)35-19-34-25)7-10-27(32)29-15-11-22(12-16-29)28(33)30-13-5-3-4-6-14-30/h7-10,17-18,22H,3-6,11-16,19H2,1-2H3. The summed E-state index contributed by atoms with van der Waals surface area (Å²) in [4.78, 5) is 29.8. The molecule has 0 aliphatic carbocycles. The molecule has 186 valence electrons. The zero-order chi connectivity index (χ0) is 24.4. The Labute approximate surface area is 207 Å². The maximum Gasteiger partial charge on any atom is 0.246 e. The number of rotatable bonds is 4. The minimum atomic E-state index is 0.0126. The maximum atomic E-state index is 12.9. The summed E-state index contributed by atoms with van der Waals surface area (Å²) >= 11 is 0. The molecule has 5 rings (SSSR count). The van der Waals surface area contributed by atoms with E-state index in [1.54, 1.807) is 6.08 Å². The van der Waals surface area contributed by atoms with Crippen molar-refractivity contribution < 1.29 is 19.1 Å². The number of carbonyl (C=O) groups is 2. The van der Waals surface area contributed by atoms with E-state index in [4.69, 9.17) is 9.47 Å². The van der Waals surface area contributed by atoms with Crippen molar-refractivity contribution in [3.05, 3.63) is 47.3 Å². The Morgan fingerprint density at radius 1 is 0.886 bits per heavy atom. The van der Waals surface area contributed by atoms with Gasteiger partial charge in [0.25, 0.3) is 0 Å². The van der Waals surface area contributed by atoms with E-state index >= 15 is 0 Å². The smallest absolute Gasteiger partial charge is 0.246 e. The number of ether oxygens (including phenoxy) is 2. The van der Waals surface area contributed by atoms with Gasteiger partial charge >= 0.3 is 0 Å². The van der Waals surface area contributed by atoms with Gasteiger partial charge < -0.3 is 23.8 Å². The Morgan fingerprint density at radius 2 is 1.60 bits per heavy atom. The lowest BCUT2D eigenvalue weighted by molar-refractivity contribution is -0.139. The van der Waals surface area contributed by atoms with Crippen LogP contribution in [0.3, 0.4) is 0 Å². The van der Waals surface area contributed by atoms with Crippen molar-refractivity contribution in [3.63, 3.8) is 0 Å². The molecule has 1 aromatic heterocycles. The van der Waals surface area contributed by atoms with Crippen molar-refractivity contribution >= 4 is 17.9 Å². The average Bonchev–Trinajstić information content (AvgIpc) is 3.33. The normalized spacial score (nSPS) is 18.8. The first-order valence-electron chi connectivity index (χ1n) is 12.9. The van der Waals surface area contributed by atoms with Gasteiger partial charge in [-0.15, -0.1) is 0 Å². The van der Waals surface area contributed by atoms with E-state index in [0.29, 0.717) is 19.0 Å². The first-order chi connectivity index (χ1) is 17.0. The molecule has 3 aliphatic heterocycles. The quantitative estimate of drug-likeness (QED) is 0.610. The Hall–Kier alpha value is -3.22. The van der Waals surface area contributed by atoms with Gasteiger partial charge in [0.1, 0.15) is 0 Å². The number of benzene rings is 1. The lowest BCUT2D eigenvalue weighted by Crippen LogP contribution is -2.44. The Balaban J connectivity index is 1.20. The molecule has 2 amide bonds. The molecule has 2 fully saturated rings. The predicted molar refractivity (Wildman–Crippen MR) is 135 cm³/mol. The van der Waals surface area contributed by atoms with Gasteiger partial charge in [-0.25, -0.2) is 0 Å². The molecule has 1 aromatic carbocycles. The first-order valence-corrected chi connectivity index (χ1v) is 12.9. The summed E-state index contributed by atoms with van der Waals surface area (Å²) in [6.07, 6.45) is 9.77. The third-order valence-corrected chi connectivity index (χ3v) is 7.56. The summed E-state index contributed by atoms with van der Waals surface area (Å²) in [5.41, 5.74) is 4.17. The highest BCUT2D eigenvalue weighted by atomic mass is 16.7. The van der Waals surface area contributed by atoms with E-state index in [1.807, 2.05) is 29.2 Å². The number of aryl methyl sites for hydroxylation is 1. The minimum Gasteiger partial charge on any atom is -0.454 e. The number of fused-ring (bicyclic) bond motifs is 1. The molecule has 0 N–H and O–H groups in total. The molecule has 4 heterocycles. The molecule has 0 radical (unpaired) electrons. The topological polar surface area (TPSA) is 64.0 Å². The molecular weight excluding hydrogens is 442 g/mol. The average molecular weight is 478 g/mol. The van der Waals surface area contributed by atoms with Crippen molar-refractivity contribution in [3.8, 4) is 17.2 Å². The van der Waals surface area contributed by atoms with Crippen LogP contribution in [0.1, 0.15) is 55.5 Å². The van der Waals surface area contributed by atoms with Crippen LogP contribution in [0.5, 0.6) is 11.5 Å². The molecule has 0 unspecified atom stereocenters. The SMILES string of the molecule is Cc1cc(C=CC(=O)N2CCC(C(=O)N3CCCCCC3)CC2)c(C)n1-c1ccc2c(c1)OCO2. The summed E-state index contributed by atoms with van der Waals surface area (Å²) in [6.45, 7) is 7.44. The summed E-state index contributed by atoms with van der Waals surface area (Å²) in [5.74, 6) is 1.88. The summed E-state index contributed by atoms with van der Waals surface area (Å²) in [5, 5.41) is 0. The van der Waals surface area contributed by atoms with Crippen LogP contribution in [0.25, 0.3) is 11.8 Å². The van der Waals surface area contributed by atoms with E-state index in [1.165, 1.54) is 12.8 Å². The van der Waals surface area contributed by atoms with Gasteiger partial charge in [0, 0.05) is 61.3 Å². The fraction of sp³-hybridized carbons (Fsp3) is 0.500. The van der Waals surface area contributed by atoms with Crippen LogP contribution in [0.2, 0.25) is 0 Å². The second-order valence-corrected chi connectivity index (χ2v) is 9.87. The van der Waals surface area contributed by atoms with Crippen molar-refractivity contribution in [2.45, 2.75) is 52.4 Å². The van der Waals surface area contributed by atoms with Crippen LogP contribution >= 0.6 is 0 Å². The second-order valence-electron chi connectivity index (χ2n) is 9.87. The molecule has 7 nitrogen and oxygen atoms in total. The van der Waals surface area contributed by atoms with Crippen LogP contribution in [-0.2, 0) is 9.59 Å². The molecule has 2 saturated heterocycles. The lowest BCUT2D eigenvalue weighted by atomic mass is 9.95. The zero-order valence-electron chi connectivity index (χ0n) is 20.8. The van der Waals surface area contributed by atoms with E-state index in [0.717, 1.165) is 72.9 Å². The number of hydrogen-bond donors (Lipinski definition) is 0. The van der Waals surface area contributed by atoms with Gasteiger partial charge in [-0.2, -0.15) is 0 Å². The largest absolute Gasteiger partial charge is 0.454 e. The van der Waals surface area contributed by atoms with Gasteiger partial charge in [-0.05, 0) is 69.4 Å². The summed E-state index contributed by atoms with van der Waals surface area (Å²) in [6, 6.07) is 8.02. The van der Waals surface area contributed by atoms with E-state index in [9.17, 15) is 9.59 Å². The highest BCUT2D eigenvalue weighted by Crippen LogP contribution is 2.35. The fourth-order valence-electron chi connectivity index (χ4n) is 5.54. The maximum absolute atomic E-state index is 12.9. The van der Waals surface area contributed by atoms with Crippen molar-refractivity contribution in [2.75, 3.05) is 33.0 Å². The van der Waals surface area contributed by atoms with Crippen LogP contribution in [0, 0.1) is 19.8 Å². The number of aromatic nitrogens is 1. The van der Waals surface area contributed by atoms with Crippen LogP contribution in [0.15, 0.2) is 30.3 Å². The van der Waals surface area contributed by atoms with Crippen molar-refractivity contribution in [1.82, 2.24) is 14.4 Å². The molecular formula is C28H35N3O4. The number of nitrogens with zero attached hydrogens (tertiary/aromatic N) is 3. The number of amides is 2. The molecule has 3 aliphatic rings. The monoisotopic (exact) mass is 477 g/mol. The zero-order valence-corrected chi connectivity index (χ0v) is 20.8. The molecule has 0 bridgehead atoms. The van der Waals surface area contributed by atoms with Gasteiger partial charge in [0.2, 0.25) is 18.6 Å². The van der Waals surface area contributed by atoms with E-state index in [-0.39, 0.29) is 18.6 Å². The summed E-state index contributed by atoms with van der Waals surface area (Å²) < 4.78 is 13.1. The Morgan fingerprint density at radius 3 is 2.34 bits per heavy atom. The minimum absolute atomic E-state index is 0.0126. The third-order valence-electron chi connectivity index (χ3n) is 7.56. The number of hydrogen-bond acceptors (Lipinski definition) is 4. The van der Waals surface area contributed by atoms with Gasteiger partial charge in [0.15, 0.2) is 11.5 Å². The van der Waals surface area contributed by atoms with Crippen LogP contribution in [-0.4, -0.2) is 59.2 Å².